The predicted octanol–water partition coefficient (Wildman–Crippen LogP) is 3.76. The van der Waals surface area contributed by atoms with E-state index >= 15 is 0 Å². The van der Waals surface area contributed by atoms with E-state index in [0.29, 0.717) is 28.4 Å². The highest BCUT2D eigenvalue weighted by Crippen LogP contribution is 2.28. The number of anilines is 2. The van der Waals surface area contributed by atoms with Crippen LogP contribution in [0.1, 0.15) is 16.8 Å². The van der Waals surface area contributed by atoms with E-state index in [1.54, 1.807) is 45.2 Å². The third kappa shape index (κ3) is 5.27. The molecule has 9 nitrogen and oxygen atoms in total. The fraction of sp³-hybridized carbons (Fsp3) is 0.182. The monoisotopic (exact) mass is 457 g/mol. The van der Waals surface area contributed by atoms with Crippen LogP contribution in [0.4, 0.5) is 11.6 Å². The van der Waals surface area contributed by atoms with Gasteiger partial charge in [-0.3, -0.25) is 4.79 Å². The molecule has 0 aliphatic carbocycles. The number of sulfonamides is 1. The first-order chi connectivity index (χ1) is 15.2. The summed E-state index contributed by atoms with van der Waals surface area (Å²) >= 11 is 0. The number of nitrogens with zero attached hydrogens (tertiary/aromatic N) is 1. The number of hydrogen-bond acceptors (Lipinski definition) is 7. The van der Waals surface area contributed by atoms with Crippen LogP contribution < -0.4 is 19.5 Å². The van der Waals surface area contributed by atoms with E-state index in [4.69, 9.17) is 14.0 Å². The summed E-state index contributed by atoms with van der Waals surface area (Å²) in [5.41, 5.74) is 2.40. The number of carbonyl (C=O) groups is 1. The molecule has 0 atom stereocenters. The summed E-state index contributed by atoms with van der Waals surface area (Å²) in [6, 6.07) is 11.0. The number of aromatic nitrogens is 1. The van der Waals surface area contributed by atoms with E-state index in [1.807, 2.05) is 0 Å². The van der Waals surface area contributed by atoms with Crippen molar-refractivity contribution in [2.75, 3.05) is 24.3 Å². The van der Waals surface area contributed by atoms with Gasteiger partial charge in [0.15, 0.2) is 11.5 Å². The summed E-state index contributed by atoms with van der Waals surface area (Å²) in [5, 5.41) is 6.41. The number of ether oxygens (including phenoxy) is 2. The lowest BCUT2D eigenvalue weighted by Crippen LogP contribution is -2.13. The second kappa shape index (κ2) is 9.56. The molecule has 3 aromatic rings. The van der Waals surface area contributed by atoms with E-state index in [2.05, 4.69) is 15.2 Å². The SMILES string of the molecule is COc1ccc(C=CC(=O)Nc2ccc(S(=O)(=O)Nc3onc(C)c3C)cc2)cc1OC. The molecule has 10 heteroatoms. The van der Waals surface area contributed by atoms with Crippen LogP contribution >= 0.6 is 0 Å². The Morgan fingerprint density at radius 1 is 1.03 bits per heavy atom. The van der Waals surface area contributed by atoms with Crippen molar-refractivity contribution in [2.24, 2.45) is 0 Å². The van der Waals surface area contributed by atoms with Crippen molar-refractivity contribution in [1.29, 1.82) is 0 Å². The molecular weight excluding hydrogens is 434 g/mol. The first kappa shape index (κ1) is 22.9. The molecule has 0 spiro atoms. The second-order valence-electron chi connectivity index (χ2n) is 6.79. The third-order valence-corrected chi connectivity index (χ3v) is 6.00. The zero-order valence-corrected chi connectivity index (χ0v) is 18.8. The maximum absolute atomic E-state index is 12.5. The standard InChI is InChI=1S/C22H23N3O6S/c1-14-15(2)24-31-22(14)25-32(27,28)18-9-7-17(8-10-18)23-21(26)12-6-16-5-11-19(29-3)20(13-16)30-4/h5-13,25H,1-4H3,(H,23,26). The smallest absolute Gasteiger partial charge is 0.264 e. The van der Waals surface area contributed by atoms with Gasteiger partial charge in [0.05, 0.1) is 24.8 Å². The van der Waals surface area contributed by atoms with Gasteiger partial charge in [-0.15, -0.1) is 0 Å². The molecule has 2 aromatic carbocycles. The van der Waals surface area contributed by atoms with Gasteiger partial charge in [0.2, 0.25) is 11.8 Å². The summed E-state index contributed by atoms with van der Waals surface area (Å²) in [6.45, 7) is 3.42. The molecule has 0 bridgehead atoms. The number of hydrogen-bond donors (Lipinski definition) is 2. The Bertz CT molecular complexity index is 1250. The molecule has 3 rings (SSSR count). The van der Waals surface area contributed by atoms with E-state index in [1.165, 1.54) is 37.5 Å². The molecule has 168 valence electrons. The Labute approximate surface area is 186 Å². The summed E-state index contributed by atoms with van der Waals surface area (Å²) in [5.74, 6) is 0.838. The molecule has 0 fully saturated rings. The van der Waals surface area contributed by atoms with Gasteiger partial charge in [0.1, 0.15) is 0 Å². The van der Waals surface area contributed by atoms with Crippen LogP contribution in [0.25, 0.3) is 6.08 Å². The zero-order chi connectivity index (χ0) is 23.3. The van der Waals surface area contributed by atoms with Gasteiger partial charge in [-0.25, -0.2) is 13.1 Å². The van der Waals surface area contributed by atoms with Gasteiger partial charge in [-0.05, 0) is 61.9 Å². The lowest BCUT2D eigenvalue weighted by Gasteiger charge is -2.08. The largest absolute Gasteiger partial charge is 0.493 e. The van der Waals surface area contributed by atoms with Crippen LogP contribution in [-0.4, -0.2) is 33.7 Å². The molecule has 1 amide bonds. The van der Waals surface area contributed by atoms with Crippen molar-refractivity contribution >= 4 is 33.6 Å². The molecule has 0 saturated heterocycles. The molecule has 0 aliphatic heterocycles. The highest BCUT2D eigenvalue weighted by molar-refractivity contribution is 7.92. The van der Waals surface area contributed by atoms with Crippen molar-refractivity contribution in [3.05, 3.63) is 65.4 Å². The maximum atomic E-state index is 12.5. The van der Waals surface area contributed by atoms with E-state index in [0.717, 1.165) is 5.56 Å². The van der Waals surface area contributed by atoms with Crippen LogP contribution in [0, 0.1) is 13.8 Å². The maximum Gasteiger partial charge on any atom is 0.264 e. The Balaban J connectivity index is 1.65. The zero-order valence-electron chi connectivity index (χ0n) is 18.0. The summed E-state index contributed by atoms with van der Waals surface area (Å²) < 4.78 is 42.9. The average Bonchev–Trinajstić information content (AvgIpc) is 3.09. The number of amides is 1. The predicted molar refractivity (Wildman–Crippen MR) is 120 cm³/mol. The highest BCUT2D eigenvalue weighted by Gasteiger charge is 2.19. The third-order valence-electron chi connectivity index (χ3n) is 4.65. The summed E-state index contributed by atoms with van der Waals surface area (Å²) in [6.07, 6.45) is 2.99. The molecule has 32 heavy (non-hydrogen) atoms. The molecule has 0 unspecified atom stereocenters. The topological polar surface area (TPSA) is 120 Å². The molecular formula is C22H23N3O6S. The van der Waals surface area contributed by atoms with Gasteiger partial charge >= 0.3 is 0 Å². The number of aryl methyl sites for hydroxylation is 1. The van der Waals surface area contributed by atoms with Crippen molar-refractivity contribution in [2.45, 2.75) is 18.7 Å². The Morgan fingerprint density at radius 3 is 2.31 bits per heavy atom. The Hall–Kier alpha value is -3.79. The van der Waals surface area contributed by atoms with Crippen molar-refractivity contribution in [3.8, 4) is 11.5 Å². The highest BCUT2D eigenvalue weighted by atomic mass is 32.2. The quantitative estimate of drug-likeness (QED) is 0.494. The van der Waals surface area contributed by atoms with Gasteiger partial charge in [0, 0.05) is 17.3 Å². The van der Waals surface area contributed by atoms with Crippen molar-refractivity contribution in [3.63, 3.8) is 0 Å². The molecule has 1 aromatic heterocycles. The van der Waals surface area contributed by atoms with Gasteiger partial charge in [-0.2, -0.15) is 0 Å². The minimum atomic E-state index is -3.86. The van der Waals surface area contributed by atoms with Gasteiger partial charge in [0.25, 0.3) is 10.0 Å². The average molecular weight is 458 g/mol. The Morgan fingerprint density at radius 2 is 1.72 bits per heavy atom. The molecule has 2 N–H and O–H groups in total. The van der Waals surface area contributed by atoms with Crippen molar-refractivity contribution < 1.29 is 27.2 Å². The molecule has 0 saturated carbocycles. The number of benzene rings is 2. The number of rotatable bonds is 8. The van der Waals surface area contributed by atoms with Gasteiger partial charge < -0.3 is 19.3 Å². The first-order valence-electron chi connectivity index (χ1n) is 9.50. The summed E-state index contributed by atoms with van der Waals surface area (Å²) in [4.78, 5) is 12.2. The summed E-state index contributed by atoms with van der Waals surface area (Å²) in [7, 11) is -0.781. The minimum Gasteiger partial charge on any atom is -0.493 e. The fourth-order valence-corrected chi connectivity index (χ4v) is 3.77. The van der Waals surface area contributed by atoms with E-state index in [-0.39, 0.29) is 16.7 Å². The number of carbonyl (C=O) groups excluding carboxylic acids is 1. The number of nitrogens with one attached hydrogen (secondary N) is 2. The normalized spacial score (nSPS) is 11.4. The molecule has 1 heterocycles. The first-order valence-corrected chi connectivity index (χ1v) is 11.0. The Kier molecular flexibility index (Phi) is 6.84. The van der Waals surface area contributed by atoms with Crippen LogP contribution in [0.3, 0.4) is 0 Å². The second-order valence-corrected chi connectivity index (χ2v) is 8.47. The van der Waals surface area contributed by atoms with Crippen LogP contribution in [0.2, 0.25) is 0 Å². The molecule has 0 aliphatic rings. The van der Waals surface area contributed by atoms with Crippen LogP contribution in [0.5, 0.6) is 11.5 Å². The lowest BCUT2D eigenvalue weighted by atomic mass is 10.2. The molecule has 0 radical (unpaired) electrons. The van der Waals surface area contributed by atoms with Crippen LogP contribution in [-0.2, 0) is 14.8 Å². The minimum absolute atomic E-state index is 0.0184. The fourth-order valence-electron chi connectivity index (χ4n) is 2.72. The van der Waals surface area contributed by atoms with Crippen molar-refractivity contribution in [1.82, 2.24) is 5.16 Å². The van der Waals surface area contributed by atoms with Crippen LogP contribution in [0.15, 0.2) is 58.0 Å². The van der Waals surface area contributed by atoms with E-state index < -0.39 is 10.0 Å². The van der Waals surface area contributed by atoms with Gasteiger partial charge in [-0.1, -0.05) is 11.2 Å². The lowest BCUT2D eigenvalue weighted by molar-refractivity contribution is -0.111. The van der Waals surface area contributed by atoms with E-state index in [9.17, 15) is 13.2 Å². The number of methoxy groups -OCH3 is 2.